The standard InChI is InChI=1S/C14H12ClNO4/c1-9(17)11-4-2-3-5-13(11)20-14-7-6-10(15)8-12(14)16(18)19/h2-9,17H,1H3/t9-/m0/s1. The molecule has 0 radical (unpaired) electrons. The molecule has 0 aromatic heterocycles. The van der Waals surface area contributed by atoms with Crippen molar-refractivity contribution in [3.8, 4) is 11.5 Å². The van der Waals surface area contributed by atoms with E-state index in [1.807, 2.05) is 0 Å². The van der Waals surface area contributed by atoms with Crippen LogP contribution >= 0.6 is 11.6 Å². The number of nitrogens with zero attached hydrogens (tertiary/aromatic N) is 1. The maximum atomic E-state index is 11.0. The summed E-state index contributed by atoms with van der Waals surface area (Å²) in [6, 6.07) is 11.0. The molecule has 0 heterocycles. The van der Waals surface area contributed by atoms with Crippen LogP contribution in [-0.2, 0) is 0 Å². The number of benzene rings is 2. The molecule has 0 fully saturated rings. The summed E-state index contributed by atoms with van der Waals surface area (Å²) >= 11 is 5.75. The molecule has 5 nitrogen and oxygen atoms in total. The molecule has 2 rings (SSSR count). The predicted octanol–water partition coefficient (Wildman–Crippen LogP) is 4.09. The summed E-state index contributed by atoms with van der Waals surface area (Å²) < 4.78 is 5.56. The van der Waals surface area contributed by atoms with Gasteiger partial charge in [0.05, 0.1) is 11.0 Å². The lowest BCUT2D eigenvalue weighted by molar-refractivity contribution is -0.385. The Hall–Kier alpha value is -2.11. The number of halogens is 1. The highest BCUT2D eigenvalue weighted by Gasteiger charge is 2.18. The van der Waals surface area contributed by atoms with Gasteiger partial charge in [0, 0.05) is 16.7 Å². The Morgan fingerprint density at radius 3 is 2.60 bits per heavy atom. The van der Waals surface area contributed by atoms with Gasteiger partial charge in [-0.1, -0.05) is 29.8 Å². The van der Waals surface area contributed by atoms with E-state index in [-0.39, 0.29) is 16.5 Å². The molecule has 1 N–H and O–H groups in total. The largest absolute Gasteiger partial charge is 0.450 e. The van der Waals surface area contributed by atoms with Gasteiger partial charge in [-0.3, -0.25) is 10.1 Å². The highest BCUT2D eigenvalue weighted by Crippen LogP contribution is 2.36. The van der Waals surface area contributed by atoms with Crippen LogP contribution in [0.1, 0.15) is 18.6 Å². The summed E-state index contributed by atoms with van der Waals surface area (Å²) in [6.45, 7) is 1.60. The summed E-state index contributed by atoms with van der Waals surface area (Å²) in [5.74, 6) is 0.445. The summed E-state index contributed by atoms with van der Waals surface area (Å²) in [5.41, 5.74) is 0.328. The number of nitro groups is 1. The van der Waals surface area contributed by atoms with Crippen molar-refractivity contribution in [1.82, 2.24) is 0 Å². The van der Waals surface area contributed by atoms with E-state index in [9.17, 15) is 15.2 Å². The highest BCUT2D eigenvalue weighted by molar-refractivity contribution is 6.30. The molecular weight excluding hydrogens is 282 g/mol. The molecule has 0 unspecified atom stereocenters. The van der Waals surface area contributed by atoms with Gasteiger partial charge in [0.2, 0.25) is 5.75 Å². The first-order chi connectivity index (χ1) is 9.49. The van der Waals surface area contributed by atoms with Crippen LogP contribution in [0.5, 0.6) is 11.5 Å². The molecule has 0 spiro atoms. The van der Waals surface area contributed by atoms with Crippen LogP contribution in [0.2, 0.25) is 5.02 Å². The Balaban J connectivity index is 2.43. The van der Waals surface area contributed by atoms with Crippen molar-refractivity contribution in [1.29, 1.82) is 0 Å². The average Bonchev–Trinajstić information content (AvgIpc) is 2.41. The van der Waals surface area contributed by atoms with E-state index < -0.39 is 11.0 Å². The normalized spacial score (nSPS) is 11.9. The van der Waals surface area contributed by atoms with Crippen LogP contribution < -0.4 is 4.74 Å². The SMILES string of the molecule is C[C@H](O)c1ccccc1Oc1ccc(Cl)cc1[N+](=O)[O-]. The Labute approximate surface area is 120 Å². The molecule has 0 bridgehead atoms. The highest BCUT2D eigenvalue weighted by atomic mass is 35.5. The van der Waals surface area contributed by atoms with Gasteiger partial charge in [-0.25, -0.2) is 0 Å². The van der Waals surface area contributed by atoms with Crippen molar-refractivity contribution in [2.24, 2.45) is 0 Å². The lowest BCUT2D eigenvalue weighted by Crippen LogP contribution is -1.98. The molecule has 1 atom stereocenters. The number of hydrogen-bond acceptors (Lipinski definition) is 4. The van der Waals surface area contributed by atoms with E-state index in [1.165, 1.54) is 18.2 Å². The van der Waals surface area contributed by atoms with Gasteiger partial charge < -0.3 is 9.84 Å². The second kappa shape index (κ2) is 5.90. The Morgan fingerprint density at radius 2 is 1.95 bits per heavy atom. The number of para-hydroxylation sites is 1. The van der Waals surface area contributed by atoms with Crippen molar-refractivity contribution >= 4 is 17.3 Å². The Bertz CT molecular complexity index is 643. The van der Waals surface area contributed by atoms with Crippen LogP contribution in [0.25, 0.3) is 0 Å². The van der Waals surface area contributed by atoms with E-state index in [1.54, 1.807) is 31.2 Å². The van der Waals surface area contributed by atoms with Crippen molar-refractivity contribution in [3.63, 3.8) is 0 Å². The topological polar surface area (TPSA) is 72.6 Å². The van der Waals surface area contributed by atoms with E-state index in [4.69, 9.17) is 16.3 Å². The van der Waals surface area contributed by atoms with Gasteiger partial charge in [-0.15, -0.1) is 0 Å². The monoisotopic (exact) mass is 293 g/mol. The first-order valence-corrected chi connectivity index (χ1v) is 6.25. The molecule has 20 heavy (non-hydrogen) atoms. The molecule has 2 aromatic carbocycles. The number of aliphatic hydroxyl groups excluding tert-OH is 1. The number of hydrogen-bond donors (Lipinski definition) is 1. The lowest BCUT2D eigenvalue weighted by Gasteiger charge is -2.13. The number of nitro benzene ring substituents is 1. The van der Waals surface area contributed by atoms with Gasteiger partial charge in [-0.2, -0.15) is 0 Å². The second-order valence-electron chi connectivity index (χ2n) is 4.19. The average molecular weight is 294 g/mol. The molecule has 0 aliphatic carbocycles. The van der Waals surface area contributed by atoms with Crippen molar-refractivity contribution in [2.75, 3.05) is 0 Å². The fraction of sp³-hybridized carbons (Fsp3) is 0.143. The molecule has 0 saturated carbocycles. The third kappa shape index (κ3) is 3.07. The van der Waals surface area contributed by atoms with Crippen LogP contribution in [0.15, 0.2) is 42.5 Å². The van der Waals surface area contributed by atoms with E-state index in [0.29, 0.717) is 11.3 Å². The molecule has 0 aliphatic heterocycles. The quantitative estimate of drug-likeness (QED) is 0.680. The third-order valence-corrected chi connectivity index (χ3v) is 2.94. The summed E-state index contributed by atoms with van der Waals surface area (Å²) in [7, 11) is 0. The molecule has 2 aromatic rings. The maximum absolute atomic E-state index is 11.0. The van der Waals surface area contributed by atoms with Gasteiger partial charge in [0.25, 0.3) is 0 Å². The maximum Gasteiger partial charge on any atom is 0.313 e. The molecule has 0 amide bonds. The van der Waals surface area contributed by atoms with E-state index in [0.717, 1.165) is 0 Å². The van der Waals surface area contributed by atoms with Crippen molar-refractivity contribution in [2.45, 2.75) is 13.0 Å². The smallest absolute Gasteiger partial charge is 0.313 e. The minimum atomic E-state index is -0.738. The zero-order valence-corrected chi connectivity index (χ0v) is 11.4. The van der Waals surface area contributed by atoms with E-state index >= 15 is 0 Å². The summed E-state index contributed by atoms with van der Waals surface area (Å²) in [6.07, 6.45) is -0.738. The lowest BCUT2D eigenvalue weighted by atomic mass is 10.1. The first-order valence-electron chi connectivity index (χ1n) is 5.88. The third-order valence-electron chi connectivity index (χ3n) is 2.71. The predicted molar refractivity (Wildman–Crippen MR) is 75.3 cm³/mol. The number of ether oxygens (including phenoxy) is 1. The zero-order valence-electron chi connectivity index (χ0n) is 10.6. The van der Waals surface area contributed by atoms with Crippen LogP contribution in [-0.4, -0.2) is 10.0 Å². The van der Waals surface area contributed by atoms with Crippen LogP contribution in [0.3, 0.4) is 0 Å². The zero-order chi connectivity index (χ0) is 14.7. The van der Waals surface area contributed by atoms with Gasteiger partial charge in [0.15, 0.2) is 0 Å². The summed E-state index contributed by atoms with van der Waals surface area (Å²) in [5, 5.41) is 20.9. The molecule has 0 saturated heterocycles. The van der Waals surface area contributed by atoms with Crippen molar-refractivity contribution in [3.05, 3.63) is 63.2 Å². The second-order valence-corrected chi connectivity index (χ2v) is 4.62. The molecule has 104 valence electrons. The fourth-order valence-corrected chi connectivity index (χ4v) is 1.92. The summed E-state index contributed by atoms with van der Waals surface area (Å²) in [4.78, 5) is 10.4. The van der Waals surface area contributed by atoms with Gasteiger partial charge in [-0.05, 0) is 25.1 Å². The number of rotatable bonds is 4. The van der Waals surface area contributed by atoms with Crippen LogP contribution in [0.4, 0.5) is 5.69 Å². The van der Waals surface area contributed by atoms with E-state index in [2.05, 4.69) is 0 Å². The molecule has 6 heteroatoms. The first kappa shape index (κ1) is 14.3. The molecular formula is C14H12ClNO4. The van der Waals surface area contributed by atoms with Crippen molar-refractivity contribution < 1.29 is 14.8 Å². The van der Waals surface area contributed by atoms with Gasteiger partial charge in [0.1, 0.15) is 5.75 Å². The minimum Gasteiger partial charge on any atom is -0.450 e. The minimum absolute atomic E-state index is 0.0764. The number of aliphatic hydroxyl groups is 1. The van der Waals surface area contributed by atoms with Crippen LogP contribution in [0, 0.1) is 10.1 Å². The Morgan fingerprint density at radius 1 is 1.25 bits per heavy atom. The Kier molecular flexibility index (Phi) is 4.22. The van der Waals surface area contributed by atoms with Gasteiger partial charge >= 0.3 is 5.69 Å². The molecule has 0 aliphatic rings. The fourth-order valence-electron chi connectivity index (χ4n) is 1.76.